The number of hydrogen-bond donors (Lipinski definition) is 1. The Morgan fingerprint density at radius 3 is 2.31 bits per heavy atom. The molecule has 4 aromatic rings. The molecule has 1 unspecified atom stereocenters. The van der Waals surface area contributed by atoms with Gasteiger partial charge in [-0.2, -0.15) is 0 Å². The first-order chi connectivity index (χ1) is 12.9. The molecule has 0 fully saturated rings. The Morgan fingerprint density at radius 1 is 0.846 bits per heavy atom. The molecule has 0 aliphatic heterocycles. The maximum absolute atomic E-state index is 5.63. The number of nitrogens with one attached hydrogen (secondary N) is 1. The Labute approximate surface area is 152 Å². The summed E-state index contributed by atoms with van der Waals surface area (Å²) in [7, 11) is 0. The molecule has 2 heterocycles. The van der Waals surface area contributed by atoms with Crippen molar-refractivity contribution in [3.63, 3.8) is 0 Å². The maximum atomic E-state index is 5.63. The van der Waals surface area contributed by atoms with Gasteiger partial charge in [0.2, 0.25) is 5.89 Å². The lowest BCUT2D eigenvalue weighted by Gasteiger charge is -2.18. The Balaban J connectivity index is 1.53. The van der Waals surface area contributed by atoms with Gasteiger partial charge in [0.15, 0.2) is 0 Å². The lowest BCUT2D eigenvalue weighted by atomic mass is 10.0. The van der Waals surface area contributed by atoms with Gasteiger partial charge in [0.1, 0.15) is 6.26 Å². The Bertz CT molecular complexity index is 897. The first kappa shape index (κ1) is 16.2. The fourth-order valence-electron chi connectivity index (χ4n) is 2.89. The minimum Gasteiger partial charge on any atom is -0.444 e. The van der Waals surface area contributed by atoms with Crippen LogP contribution in [0.15, 0.2) is 95.7 Å². The number of pyridine rings is 1. The first-order valence-corrected chi connectivity index (χ1v) is 8.59. The van der Waals surface area contributed by atoms with Crippen molar-refractivity contribution in [1.82, 2.24) is 15.3 Å². The minimum atomic E-state index is -0.00530. The van der Waals surface area contributed by atoms with E-state index in [1.165, 1.54) is 0 Å². The van der Waals surface area contributed by atoms with Crippen molar-refractivity contribution in [2.75, 3.05) is 0 Å². The monoisotopic (exact) mass is 341 g/mol. The average molecular weight is 341 g/mol. The van der Waals surface area contributed by atoms with Gasteiger partial charge >= 0.3 is 0 Å². The van der Waals surface area contributed by atoms with Crippen molar-refractivity contribution >= 4 is 0 Å². The van der Waals surface area contributed by atoms with Gasteiger partial charge in [-0.3, -0.25) is 10.3 Å². The summed E-state index contributed by atoms with van der Waals surface area (Å²) in [6.45, 7) is 0.590. The Hall–Kier alpha value is -3.24. The number of oxazole rings is 1. The van der Waals surface area contributed by atoms with E-state index < -0.39 is 0 Å². The van der Waals surface area contributed by atoms with Crippen LogP contribution in [0.3, 0.4) is 0 Å². The number of rotatable bonds is 6. The van der Waals surface area contributed by atoms with E-state index in [2.05, 4.69) is 27.4 Å². The molecule has 0 aliphatic rings. The zero-order chi connectivity index (χ0) is 17.6. The van der Waals surface area contributed by atoms with E-state index in [9.17, 15) is 0 Å². The molecule has 0 spiro atoms. The van der Waals surface area contributed by atoms with Crippen LogP contribution < -0.4 is 5.32 Å². The zero-order valence-electron chi connectivity index (χ0n) is 14.2. The first-order valence-electron chi connectivity index (χ1n) is 8.59. The summed E-state index contributed by atoms with van der Waals surface area (Å²) in [5, 5.41) is 3.55. The van der Waals surface area contributed by atoms with E-state index in [1.54, 1.807) is 6.26 Å². The number of hydrogen-bond acceptors (Lipinski definition) is 4. The zero-order valence-corrected chi connectivity index (χ0v) is 14.2. The SMILES string of the molecule is c1ccc(-c2nc(CNC(c3ccccc3)c3ccccn3)co2)cc1. The van der Waals surface area contributed by atoms with Crippen LogP contribution in [0.25, 0.3) is 11.5 Å². The van der Waals surface area contributed by atoms with Crippen molar-refractivity contribution in [2.45, 2.75) is 12.6 Å². The van der Waals surface area contributed by atoms with E-state index in [0.29, 0.717) is 12.4 Å². The van der Waals surface area contributed by atoms with E-state index in [-0.39, 0.29) is 6.04 Å². The van der Waals surface area contributed by atoms with E-state index >= 15 is 0 Å². The fourth-order valence-corrected chi connectivity index (χ4v) is 2.89. The second kappa shape index (κ2) is 7.76. The summed E-state index contributed by atoms with van der Waals surface area (Å²) < 4.78 is 5.63. The molecule has 4 heteroatoms. The third kappa shape index (κ3) is 3.71. The van der Waals surface area contributed by atoms with Gasteiger partial charge in [-0.05, 0) is 29.8 Å². The fraction of sp³-hybridized carbons (Fsp3) is 0.0909. The second-order valence-corrected chi connectivity index (χ2v) is 5.99. The van der Waals surface area contributed by atoms with E-state index in [1.807, 2.05) is 72.9 Å². The lowest BCUT2D eigenvalue weighted by Crippen LogP contribution is -2.23. The Kier molecular flexibility index (Phi) is 4.85. The van der Waals surface area contributed by atoms with E-state index in [4.69, 9.17) is 4.42 Å². The highest BCUT2D eigenvalue weighted by Crippen LogP contribution is 2.22. The third-order valence-electron chi connectivity index (χ3n) is 4.18. The molecule has 26 heavy (non-hydrogen) atoms. The number of aromatic nitrogens is 2. The lowest BCUT2D eigenvalue weighted by molar-refractivity contribution is 0.561. The summed E-state index contributed by atoms with van der Waals surface area (Å²) in [6.07, 6.45) is 3.52. The molecule has 0 radical (unpaired) electrons. The quantitative estimate of drug-likeness (QED) is 0.556. The van der Waals surface area contributed by atoms with Crippen LogP contribution in [0.5, 0.6) is 0 Å². The second-order valence-electron chi connectivity index (χ2n) is 5.99. The number of benzene rings is 2. The smallest absolute Gasteiger partial charge is 0.226 e. The molecule has 0 bridgehead atoms. The predicted molar refractivity (Wildman–Crippen MR) is 101 cm³/mol. The van der Waals surface area contributed by atoms with E-state index in [0.717, 1.165) is 22.5 Å². The molecule has 0 aliphatic carbocycles. The Morgan fingerprint density at radius 2 is 1.58 bits per heavy atom. The highest BCUT2D eigenvalue weighted by Gasteiger charge is 2.15. The molecule has 0 saturated carbocycles. The molecule has 0 amide bonds. The van der Waals surface area contributed by atoms with Gasteiger partial charge in [0.25, 0.3) is 0 Å². The maximum Gasteiger partial charge on any atom is 0.226 e. The third-order valence-corrected chi connectivity index (χ3v) is 4.18. The molecule has 0 saturated heterocycles. The summed E-state index contributed by atoms with van der Waals surface area (Å²) in [4.78, 5) is 9.10. The van der Waals surface area contributed by atoms with Crippen molar-refractivity contribution in [3.8, 4) is 11.5 Å². The van der Waals surface area contributed by atoms with Gasteiger partial charge in [-0.25, -0.2) is 4.98 Å². The van der Waals surface area contributed by atoms with Crippen molar-refractivity contribution < 1.29 is 4.42 Å². The minimum absolute atomic E-state index is 0.00530. The van der Waals surface area contributed by atoms with Crippen LogP contribution in [0, 0.1) is 0 Å². The summed E-state index contributed by atoms with van der Waals surface area (Å²) in [6, 6.07) is 26.2. The largest absolute Gasteiger partial charge is 0.444 e. The average Bonchev–Trinajstić information content (AvgIpc) is 3.20. The molecule has 4 nitrogen and oxygen atoms in total. The molecule has 1 atom stereocenters. The molecule has 4 rings (SSSR count). The summed E-state index contributed by atoms with van der Waals surface area (Å²) in [5.74, 6) is 0.636. The van der Waals surface area contributed by atoms with Crippen LogP contribution in [-0.4, -0.2) is 9.97 Å². The standard InChI is InChI=1S/C22H19N3O/c1-3-9-17(10-4-1)21(20-13-7-8-14-23-20)24-15-19-16-26-22(25-19)18-11-5-2-6-12-18/h1-14,16,21,24H,15H2. The molecular formula is C22H19N3O. The van der Waals surface area contributed by atoms with Crippen molar-refractivity contribution in [2.24, 2.45) is 0 Å². The van der Waals surface area contributed by atoms with Crippen molar-refractivity contribution in [1.29, 1.82) is 0 Å². The topological polar surface area (TPSA) is 51.0 Å². The van der Waals surface area contributed by atoms with Gasteiger partial charge in [-0.1, -0.05) is 54.6 Å². The van der Waals surface area contributed by atoms with Gasteiger partial charge < -0.3 is 4.42 Å². The highest BCUT2D eigenvalue weighted by atomic mass is 16.3. The predicted octanol–water partition coefficient (Wildman–Crippen LogP) is 4.62. The van der Waals surface area contributed by atoms with Gasteiger partial charge in [-0.15, -0.1) is 0 Å². The van der Waals surface area contributed by atoms with Crippen LogP contribution in [0.1, 0.15) is 23.0 Å². The van der Waals surface area contributed by atoms with Gasteiger partial charge in [0, 0.05) is 18.3 Å². The van der Waals surface area contributed by atoms with Crippen LogP contribution in [-0.2, 0) is 6.54 Å². The summed E-state index contributed by atoms with van der Waals surface area (Å²) >= 11 is 0. The van der Waals surface area contributed by atoms with Crippen LogP contribution in [0.4, 0.5) is 0 Å². The number of nitrogens with zero attached hydrogens (tertiary/aromatic N) is 2. The van der Waals surface area contributed by atoms with Gasteiger partial charge in [0.05, 0.1) is 17.4 Å². The molecule has 2 aromatic heterocycles. The molecule has 1 N–H and O–H groups in total. The summed E-state index contributed by atoms with van der Waals surface area (Å²) in [5.41, 5.74) is 3.98. The molecular weight excluding hydrogens is 322 g/mol. The molecule has 2 aromatic carbocycles. The molecule has 128 valence electrons. The van der Waals surface area contributed by atoms with Crippen LogP contribution in [0.2, 0.25) is 0 Å². The highest BCUT2D eigenvalue weighted by molar-refractivity contribution is 5.52. The van der Waals surface area contributed by atoms with Crippen molar-refractivity contribution in [3.05, 3.63) is 108 Å². The van der Waals surface area contributed by atoms with Crippen LogP contribution >= 0.6 is 0 Å². The normalized spacial score (nSPS) is 12.0.